The third-order valence-electron chi connectivity index (χ3n) is 5.47. The van der Waals surface area contributed by atoms with E-state index in [2.05, 4.69) is 34.7 Å². The standard InChI is InChI=1S/C24H27N3O/c1-18-16-23(27(26-18)22-10-6-3-7-11-22)25-24(28)17-19-12-14-21(15-13-19)20-8-4-2-5-9-20/h2,4-5,8-9,12-16,22H,3,6-7,10-11,17H2,1H3,(H,25,28). The van der Waals surface area contributed by atoms with Crippen LogP contribution in [0.25, 0.3) is 11.1 Å². The van der Waals surface area contributed by atoms with Crippen molar-refractivity contribution in [2.45, 2.75) is 51.5 Å². The topological polar surface area (TPSA) is 46.9 Å². The van der Waals surface area contributed by atoms with Crippen molar-refractivity contribution in [1.29, 1.82) is 0 Å². The molecular weight excluding hydrogens is 346 g/mol. The summed E-state index contributed by atoms with van der Waals surface area (Å²) in [5, 5.41) is 7.73. The molecule has 4 rings (SSSR count). The molecule has 0 unspecified atom stereocenters. The molecule has 0 saturated heterocycles. The highest BCUT2D eigenvalue weighted by Gasteiger charge is 2.20. The quantitative estimate of drug-likeness (QED) is 0.638. The van der Waals surface area contributed by atoms with Crippen molar-refractivity contribution in [3.05, 3.63) is 71.9 Å². The molecule has 1 N–H and O–H groups in total. The van der Waals surface area contributed by atoms with Gasteiger partial charge in [-0.3, -0.25) is 4.79 Å². The van der Waals surface area contributed by atoms with Crippen molar-refractivity contribution in [3.63, 3.8) is 0 Å². The first-order valence-corrected chi connectivity index (χ1v) is 10.2. The number of anilines is 1. The van der Waals surface area contributed by atoms with Crippen LogP contribution in [0.4, 0.5) is 5.82 Å². The number of hydrogen-bond acceptors (Lipinski definition) is 2. The van der Waals surface area contributed by atoms with Crippen LogP contribution < -0.4 is 5.32 Å². The van der Waals surface area contributed by atoms with Crippen molar-refractivity contribution in [3.8, 4) is 11.1 Å². The molecule has 28 heavy (non-hydrogen) atoms. The maximum atomic E-state index is 12.6. The van der Waals surface area contributed by atoms with Crippen molar-refractivity contribution in [1.82, 2.24) is 9.78 Å². The molecule has 1 aliphatic rings. The average molecular weight is 374 g/mol. The lowest BCUT2D eigenvalue weighted by Gasteiger charge is -2.24. The number of hydrogen-bond donors (Lipinski definition) is 1. The normalized spacial score (nSPS) is 14.8. The molecule has 0 bridgehead atoms. The number of aryl methyl sites for hydroxylation is 1. The van der Waals surface area contributed by atoms with Crippen LogP contribution in [-0.4, -0.2) is 15.7 Å². The third-order valence-corrected chi connectivity index (χ3v) is 5.47. The summed E-state index contributed by atoms with van der Waals surface area (Å²) in [5.74, 6) is 0.833. The fourth-order valence-corrected chi connectivity index (χ4v) is 4.03. The molecule has 2 aromatic carbocycles. The number of amides is 1. The summed E-state index contributed by atoms with van der Waals surface area (Å²) in [7, 11) is 0. The molecule has 1 amide bonds. The number of nitrogens with one attached hydrogen (secondary N) is 1. The Balaban J connectivity index is 1.42. The van der Waals surface area contributed by atoms with Crippen molar-refractivity contribution < 1.29 is 4.79 Å². The molecule has 0 aliphatic heterocycles. The summed E-state index contributed by atoms with van der Waals surface area (Å²) in [4.78, 5) is 12.6. The summed E-state index contributed by atoms with van der Waals surface area (Å²) in [6.07, 6.45) is 6.44. The smallest absolute Gasteiger partial charge is 0.229 e. The number of benzene rings is 2. The zero-order chi connectivity index (χ0) is 19.3. The predicted molar refractivity (Wildman–Crippen MR) is 113 cm³/mol. The molecule has 1 saturated carbocycles. The van der Waals surface area contributed by atoms with Crippen molar-refractivity contribution in [2.24, 2.45) is 0 Å². The highest BCUT2D eigenvalue weighted by Crippen LogP contribution is 2.30. The lowest BCUT2D eigenvalue weighted by Crippen LogP contribution is -2.21. The molecule has 144 valence electrons. The Labute approximate surface area is 166 Å². The Kier molecular flexibility index (Phi) is 5.56. The number of carbonyl (C=O) groups excluding carboxylic acids is 1. The van der Waals surface area contributed by atoms with Gasteiger partial charge >= 0.3 is 0 Å². The first-order chi connectivity index (χ1) is 13.7. The maximum Gasteiger partial charge on any atom is 0.229 e. The van der Waals surface area contributed by atoms with E-state index in [0.717, 1.165) is 35.5 Å². The van der Waals surface area contributed by atoms with Gasteiger partial charge < -0.3 is 5.32 Å². The molecule has 1 fully saturated rings. The van der Waals surface area contributed by atoms with Gasteiger partial charge in [0, 0.05) is 6.07 Å². The van der Waals surface area contributed by atoms with Crippen LogP contribution in [0.5, 0.6) is 0 Å². The molecule has 4 nitrogen and oxygen atoms in total. The average Bonchev–Trinajstić information content (AvgIpc) is 3.10. The molecular formula is C24H27N3O. The maximum absolute atomic E-state index is 12.6. The van der Waals surface area contributed by atoms with Crippen LogP contribution in [0.2, 0.25) is 0 Å². The Hall–Kier alpha value is -2.88. The highest BCUT2D eigenvalue weighted by atomic mass is 16.1. The lowest BCUT2D eigenvalue weighted by molar-refractivity contribution is -0.115. The minimum Gasteiger partial charge on any atom is -0.311 e. The molecule has 0 spiro atoms. The van der Waals surface area contributed by atoms with Crippen LogP contribution in [-0.2, 0) is 11.2 Å². The van der Waals surface area contributed by atoms with Crippen molar-refractivity contribution in [2.75, 3.05) is 5.32 Å². The van der Waals surface area contributed by atoms with Gasteiger partial charge in [-0.2, -0.15) is 5.10 Å². The first kappa shape index (κ1) is 18.5. The summed E-state index contributed by atoms with van der Waals surface area (Å²) in [6.45, 7) is 1.98. The van der Waals surface area contributed by atoms with Crippen LogP contribution in [0.15, 0.2) is 60.7 Å². The molecule has 1 heterocycles. The SMILES string of the molecule is Cc1cc(NC(=O)Cc2ccc(-c3ccccc3)cc2)n(C2CCCCC2)n1. The lowest BCUT2D eigenvalue weighted by atomic mass is 9.96. The van der Waals surface area contributed by atoms with Crippen molar-refractivity contribution >= 4 is 11.7 Å². The van der Waals surface area contributed by atoms with E-state index in [1.165, 1.54) is 24.8 Å². The summed E-state index contributed by atoms with van der Waals surface area (Å²) < 4.78 is 2.03. The fraction of sp³-hybridized carbons (Fsp3) is 0.333. The molecule has 4 heteroatoms. The second-order valence-electron chi connectivity index (χ2n) is 7.70. The van der Waals surface area contributed by atoms with Gasteiger partial charge in [-0.25, -0.2) is 4.68 Å². The fourth-order valence-electron chi connectivity index (χ4n) is 4.03. The van der Waals surface area contributed by atoms with Gasteiger partial charge in [-0.1, -0.05) is 73.9 Å². The highest BCUT2D eigenvalue weighted by molar-refractivity contribution is 5.91. The van der Waals surface area contributed by atoms with Gasteiger partial charge in [-0.15, -0.1) is 0 Å². The number of carbonyl (C=O) groups is 1. The zero-order valence-electron chi connectivity index (χ0n) is 16.4. The van der Waals surface area contributed by atoms with Gasteiger partial charge in [-0.05, 0) is 36.5 Å². The minimum atomic E-state index is 0.00409. The van der Waals surface area contributed by atoms with Gasteiger partial charge in [0.05, 0.1) is 18.2 Å². The van der Waals surface area contributed by atoms with E-state index >= 15 is 0 Å². The Morgan fingerprint density at radius 1 is 1.00 bits per heavy atom. The van der Waals surface area contributed by atoms with Gasteiger partial charge in [0.25, 0.3) is 0 Å². The van der Waals surface area contributed by atoms with E-state index < -0.39 is 0 Å². The van der Waals surface area contributed by atoms with Crippen LogP contribution >= 0.6 is 0 Å². The number of aromatic nitrogens is 2. The van der Waals surface area contributed by atoms with E-state index in [9.17, 15) is 4.79 Å². The Morgan fingerprint density at radius 3 is 2.39 bits per heavy atom. The summed E-state index contributed by atoms with van der Waals surface area (Å²) in [5.41, 5.74) is 4.31. The Bertz CT molecular complexity index is 922. The number of nitrogens with zero attached hydrogens (tertiary/aromatic N) is 2. The van der Waals surface area contributed by atoms with E-state index in [1.807, 2.05) is 48.0 Å². The van der Waals surface area contributed by atoms with Crippen LogP contribution in [0, 0.1) is 6.92 Å². The van der Waals surface area contributed by atoms with Crippen LogP contribution in [0.3, 0.4) is 0 Å². The summed E-state index contributed by atoms with van der Waals surface area (Å²) in [6, 6.07) is 20.9. The molecule has 3 aromatic rings. The predicted octanol–water partition coefficient (Wildman–Crippen LogP) is 5.54. The van der Waals surface area contributed by atoms with Gasteiger partial charge in [0.2, 0.25) is 5.91 Å². The Morgan fingerprint density at radius 2 is 1.68 bits per heavy atom. The van der Waals surface area contributed by atoms with Gasteiger partial charge in [0.1, 0.15) is 5.82 Å². The minimum absolute atomic E-state index is 0.00409. The second-order valence-corrected chi connectivity index (χ2v) is 7.70. The third kappa shape index (κ3) is 4.33. The molecule has 0 atom stereocenters. The van der Waals surface area contributed by atoms with E-state index in [4.69, 9.17) is 0 Å². The number of rotatable bonds is 5. The van der Waals surface area contributed by atoms with Gasteiger partial charge in [0.15, 0.2) is 0 Å². The summed E-state index contributed by atoms with van der Waals surface area (Å²) >= 11 is 0. The van der Waals surface area contributed by atoms with E-state index in [0.29, 0.717) is 12.5 Å². The molecule has 0 radical (unpaired) electrons. The van der Waals surface area contributed by atoms with E-state index in [-0.39, 0.29) is 5.91 Å². The molecule has 1 aliphatic carbocycles. The molecule has 1 aromatic heterocycles. The second kappa shape index (κ2) is 8.42. The van der Waals surface area contributed by atoms with Crippen LogP contribution in [0.1, 0.15) is 49.4 Å². The first-order valence-electron chi connectivity index (χ1n) is 10.2. The van der Waals surface area contributed by atoms with E-state index in [1.54, 1.807) is 0 Å². The monoisotopic (exact) mass is 373 g/mol. The largest absolute Gasteiger partial charge is 0.311 e. The zero-order valence-corrected chi connectivity index (χ0v) is 16.4.